The Kier molecular flexibility index (Phi) is 4.90. The molecule has 3 heterocycles. The van der Waals surface area contributed by atoms with Gasteiger partial charge in [-0.15, -0.1) is 10.2 Å². The maximum atomic E-state index is 12.7. The molecule has 1 fully saturated rings. The van der Waals surface area contributed by atoms with Gasteiger partial charge in [-0.3, -0.25) is 4.79 Å². The predicted octanol–water partition coefficient (Wildman–Crippen LogP) is 2.72. The minimum Gasteiger partial charge on any atom is -0.490 e. The van der Waals surface area contributed by atoms with E-state index in [1.165, 1.54) is 0 Å². The third-order valence-electron chi connectivity index (χ3n) is 5.24. The lowest BCUT2D eigenvalue weighted by atomic mass is 10.1. The van der Waals surface area contributed by atoms with Crippen LogP contribution in [0.3, 0.4) is 0 Å². The van der Waals surface area contributed by atoms with E-state index in [2.05, 4.69) is 26.9 Å². The Bertz CT molecular complexity index is 972. The van der Waals surface area contributed by atoms with E-state index in [-0.39, 0.29) is 12.0 Å². The third kappa shape index (κ3) is 3.52. The van der Waals surface area contributed by atoms with Crippen LogP contribution in [0.5, 0.6) is 5.75 Å². The van der Waals surface area contributed by atoms with Gasteiger partial charge in [0.25, 0.3) is 5.91 Å². The fraction of sp³-hybridized carbons (Fsp3) is 0.381. The molecule has 4 rings (SSSR count). The van der Waals surface area contributed by atoms with Gasteiger partial charge >= 0.3 is 0 Å². The Morgan fingerprint density at radius 1 is 1.11 bits per heavy atom. The number of nitrogens with zero attached hydrogens (tertiary/aromatic N) is 5. The highest BCUT2D eigenvalue weighted by Crippen LogP contribution is 2.28. The van der Waals surface area contributed by atoms with Crippen molar-refractivity contribution in [2.75, 3.05) is 32.1 Å². The number of fused-ring (bicyclic) bond motifs is 1. The van der Waals surface area contributed by atoms with Gasteiger partial charge < -0.3 is 19.1 Å². The molecular formula is C21H25N5O2. The SMILES string of the molecule is CN(C)c1ccc(C(=O)N2CCC(Oc3cccc4c3ccn4C)CC2)nn1. The van der Waals surface area contributed by atoms with Crippen LogP contribution < -0.4 is 9.64 Å². The number of amides is 1. The average Bonchev–Trinajstić information content (AvgIpc) is 3.10. The van der Waals surface area contributed by atoms with Crippen LogP contribution in [-0.2, 0) is 7.05 Å². The first-order valence-corrected chi connectivity index (χ1v) is 9.54. The Morgan fingerprint density at radius 3 is 2.57 bits per heavy atom. The molecule has 0 aliphatic carbocycles. The van der Waals surface area contributed by atoms with Crippen molar-refractivity contribution in [3.8, 4) is 5.75 Å². The number of likely N-dealkylation sites (tertiary alicyclic amines) is 1. The molecule has 1 saturated heterocycles. The molecule has 7 heteroatoms. The molecule has 146 valence electrons. The van der Waals surface area contributed by atoms with Gasteiger partial charge in [0.1, 0.15) is 11.9 Å². The largest absolute Gasteiger partial charge is 0.490 e. The van der Waals surface area contributed by atoms with Gasteiger partial charge in [-0.25, -0.2) is 0 Å². The number of carbonyl (C=O) groups excluding carboxylic acids is 1. The molecule has 3 aromatic rings. The second kappa shape index (κ2) is 7.50. The van der Waals surface area contributed by atoms with Gasteiger partial charge in [0, 0.05) is 58.7 Å². The zero-order chi connectivity index (χ0) is 19.7. The first-order chi connectivity index (χ1) is 13.5. The summed E-state index contributed by atoms with van der Waals surface area (Å²) < 4.78 is 8.36. The molecule has 0 radical (unpaired) electrons. The zero-order valence-electron chi connectivity index (χ0n) is 16.5. The standard InChI is InChI=1S/C21H25N5O2/c1-24(2)20-8-7-17(22-23-20)21(27)26-13-9-15(10-14-26)28-19-6-4-5-18-16(19)11-12-25(18)3/h4-8,11-12,15H,9-10,13-14H2,1-3H3. The molecule has 0 unspecified atom stereocenters. The van der Waals surface area contributed by atoms with Crippen LogP contribution in [0.1, 0.15) is 23.3 Å². The van der Waals surface area contributed by atoms with E-state index < -0.39 is 0 Å². The first kappa shape index (κ1) is 18.3. The quantitative estimate of drug-likeness (QED) is 0.697. The van der Waals surface area contributed by atoms with Crippen molar-refractivity contribution in [3.63, 3.8) is 0 Å². The number of carbonyl (C=O) groups is 1. The van der Waals surface area contributed by atoms with Gasteiger partial charge in [0.15, 0.2) is 11.5 Å². The molecule has 1 aromatic carbocycles. The van der Waals surface area contributed by atoms with Crippen LogP contribution in [0.4, 0.5) is 5.82 Å². The molecule has 0 N–H and O–H groups in total. The van der Waals surface area contributed by atoms with E-state index in [0.717, 1.165) is 35.3 Å². The second-order valence-corrected chi connectivity index (χ2v) is 7.40. The lowest BCUT2D eigenvalue weighted by Crippen LogP contribution is -2.42. The minimum atomic E-state index is -0.0681. The third-order valence-corrected chi connectivity index (χ3v) is 5.24. The fourth-order valence-corrected chi connectivity index (χ4v) is 3.57. The Morgan fingerprint density at radius 2 is 1.89 bits per heavy atom. The second-order valence-electron chi connectivity index (χ2n) is 7.40. The number of anilines is 1. The van der Waals surface area contributed by atoms with E-state index >= 15 is 0 Å². The molecule has 7 nitrogen and oxygen atoms in total. The smallest absolute Gasteiger partial charge is 0.274 e. The number of piperidine rings is 1. The summed E-state index contributed by atoms with van der Waals surface area (Å²) in [5.74, 6) is 1.58. The molecule has 0 spiro atoms. The molecule has 1 aliphatic heterocycles. The molecule has 1 amide bonds. The van der Waals surface area contributed by atoms with Crippen molar-refractivity contribution in [2.24, 2.45) is 7.05 Å². The normalized spacial score (nSPS) is 15.0. The van der Waals surface area contributed by atoms with Crippen LogP contribution in [0.15, 0.2) is 42.6 Å². The number of rotatable bonds is 4. The monoisotopic (exact) mass is 379 g/mol. The number of hydrogen-bond donors (Lipinski definition) is 0. The van der Waals surface area contributed by atoms with Crippen molar-refractivity contribution >= 4 is 22.6 Å². The Hall–Kier alpha value is -3.09. The zero-order valence-corrected chi connectivity index (χ0v) is 16.5. The van der Waals surface area contributed by atoms with Crippen LogP contribution in [-0.4, -0.2) is 58.9 Å². The predicted molar refractivity (Wildman–Crippen MR) is 109 cm³/mol. The lowest BCUT2D eigenvalue weighted by Gasteiger charge is -2.32. The molecule has 0 atom stereocenters. The van der Waals surface area contributed by atoms with Crippen molar-refractivity contribution in [3.05, 3.63) is 48.3 Å². The van der Waals surface area contributed by atoms with Gasteiger partial charge in [-0.05, 0) is 30.3 Å². The van der Waals surface area contributed by atoms with Crippen LogP contribution in [0.2, 0.25) is 0 Å². The summed E-state index contributed by atoms with van der Waals surface area (Å²) in [6.45, 7) is 1.32. The fourth-order valence-electron chi connectivity index (χ4n) is 3.57. The summed E-state index contributed by atoms with van der Waals surface area (Å²) in [6.07, 6.45) is 3.76. The lowest BCUT2D eigenvalue weighted by molar-refractivity contribution is 0.0591. The van der Waals surface area contributed by atoms with E-state index in [9.17, 15) is 4.79 Å². The number of benzene rings is 1. The highest BCUT2D eigenvalue weighted by molar-refractivity contribution is 5.92. The van der Waals surface area contributed by atoms with E-state index in [1.807, 2.05) is 55.3 Å². The number of hydrogen-bond acceptors (Lipinski definition) is 5. The van der Waals surface area contributed by atoms with Gasteiger partial charge in [0.2, 0.25) is 0 Å². The Labute approximate surface area is 164 Å². The molecule has 2 aromatic heterocycles. The summed E-state index contributed by atoms with van der Waals surface area (Å²) in [4.78, 5) is 16.4. The molecular weight excluding hydrogens is 354 g/mol. The maximum absolute atomic E-state index is 12.7. The summed E-state index contributed by atoms with van der Waals surface area (Å²) in [5, 5.41) is 9.30. The van der Waals surface area contributed by atoms with Crippen LogP contribution in [0, 0.1) is 0 Å². The molecule has 1 aliphatic rings. The summed E-state index contributed by atoms with van der Waals surface area (Å²) in [7, 11) is 5.82. The van der Waals surface area contributed by atoms with E-state index in [1.54, 1.807) is 6.07 Å². The molecule has 28 heavy (non-hydrogen) atoms. The van der Waals surface area contributed by atoms with Crippen LogP contribution >= 0.6 is 0 Å². The highest BCUT2D eigenvalue weighted by Gasteiger charge is 2.26. The van der Waals surface area contributed by atoms with Gasteiger partial charge in [0.05, 0.1) is 5.52 Å². The van der Waals surface area contributed by atoms with Crippen molar-refractivity contribution in [1.29, 1.82) is 0 Å². The van der Waals surface area contributed by atoms with Gasteiger partial charge in [-0.1, -0.05) is 6.07 Å². The Balaban J connectivity index is 1.38. The first-order valence-electron chi connectivity index (χ1n) is 9.54. The van der Waals surface area contributed by atoms with Gasteiger partial charge in [-0.2, -0.15) is 0 Å². The maximum Gasteiger partial charge on any atom is 0.274 e. The minimum absolute atomic E-state index is 0.0681. The number of ether oxygens (including phenoxy) is 1. The summed E-state index contributed by atoms with van der Waals surface area (Å²) in [5.41, 5.74) is 1.55. The van der Waals surface area contributed by atoms with E-state index in [4.69, 9.17) is 4.74 Å². The average molecular weight is 379 g/mol. The topological polar surface area (TPSA) is 63.5 Å². The molecule has 0 saturated carbocycles. The van der Waals surface area contributed by atoms with E-state index in [0.29, 0.717) is 18.8 Å². The number of aromatic nitrogens is 3. The van der Waals surface area contributed by atoms with Crippen molar-refractivity contribution < 1.29 is 9.53 Å². The molecule has 0 bridgehead atoms. The summed E-state index contributed by atoms with van der Waals surface area (Å²) in [6, 6.07) is 11.8. The van der Waals surface area contributed by atoms with Crippen LogP contribution in [0.25, 0.3) is 10.9 Å². The van der Waals surface area contributed by atoms with Crippen molar-refractivity contribution in [1.82, 2.24) is 19.7 Å². The van der Waals surface area contributed by atoms with Crippen molar-refractivity contribution in [2.45, 2.75) is 18.9 Å². The number of aryl methyl sites for hydroxylation is 1. The summed E-state index contributed by atoms with van der Waals surface area (Å²) >= 11 is 0. The highest BCUT2D eigenvalue weighted by atomic mass is 16.5.